The number of nitrogens with one attached hydrogen (secondary N) is 2. The maximum atomic E-state index is 13.7. The van der Waals surface area contributed by atoms with E-state index in [2.05, 4.69) is 31.4 Å². The summed E-state index contributed by atoms with van der Waals surface area (Å²) in [6, 6.07) is 8.92. The fraction of sp³-hybridized carbons (Fsp3) is 0.316. The second-order valence-corrected chi connectivity index (χ2v) is 6.94. The van der Waals surface area contributed by atoms with E-state index in [9.17, 15) is 22.4 Å². The Labute approximate surface area is 149 Å². The van der Waals surface area contributed by atoms with Gasteiger partial charge in [-0.15, -0.1) is 0 Å². The van der Waals surface area contributed by atoms with E-state index in [1.165, 1.54) is 0 Å². The molecule has 0 radical (unpaired) electrons. The Morgan fingerprint density at radius 3 is 2.04 bits per heavy atom. The normalized spacial score (nSPS) is 12.0. The van der Waals surface area contributed by atoms with Crippen LogP contribution in [0.3, 0.4) is 0 Å². The highest BCUT2D eigenvalue weighted by molar-refractivity contribution is 5.89. The molecular weight excluding hydrogens is 348 g/mol. The zero-order chi connectivity index (χ0) is 19.5. The number of amides is 2. The van der Waals surface area contributed by atoms with E-state index in [4.69, 9.17) is 0 Å². The Bertz CT molecular complexity index is 778. The molecule has 26 heavy (non-hydrogen) atoms. The zero-order valence-electron chi connectivity index (χ0n) is 14.7. The molecule has 0 aromatic heterocycles. The predicted molar refractivity (Wildman–Crippen MR) is 92.4 cm³/mol. The number of anilines is 1. The molecule has 0 unspecified atom stereocenters. The van der Waals surface area contributed by atoms with E-state index < -0.39 is 23.6 Å². The van der Waals surface area contributed by atoms with Crippen molar-refractivity contribution in [1.82, 2.24) is 5.32 Å². The summed E-state index contributed by atoms with van der Waals surface area (Å²) in [4.78, 5) is 11.9. The second-order valence-electron chi connectivity index (χ2n) is 6.94. The number of rotatable bonds is 3. The number of alkyl halides is 3. The topological polar surface area (TPSA) is 41.1 Å². The van der Waals surface area contributed by atoms with E-state index in [1.54, 1.807) is 12.1 Å². The molecule has 0 spiro atoms. The van der Waals surface area contributed by atoms with Crippen LogP contribution in [0.15, 0.2) is 42.5 Å². The van der Waals surface area contributed by atoms with Crippen LogP contribution >= 0.6 is 0 Å². The summed E-state index contributed by atoms with van der Waals surface area (Å²) in [7, 11) is 0. The number of halogens is 4. The summed E-state index contributed by atoms with van der Waals surface area (Å²) in [5.74, 6) is -1.02. The number of carbonyl (C=O) groups excluding carboxylic acids is 1. The predicted octanol–water partition coefficient (Wildman–Crippen LogP) is 5.46. The van der Waals surface area contributed by atoms with Crippen LogP contribution in [0.2, 0.25) is 0 Å². The molecule has 2 N–H and O–H groups in total. The average Bonchev–Trinajstić information content (AvgIpc) is 2.52. The van der Waals surface area contributed by atoms with Crippen LogP contribution in [0, 0.1) is 5.82 Å². The number of hydrogen-bond donors (Lipinski definition) is 2. The van der Waals surface area contributed by atoms with Gasteiger partial charge in [-0.25, -0.2) is 9.18 Å². The summed E-state index contributed by atoms with van der Waals surface area (Å²) in [6.07, 6.45) is -4.61. The molecule has 7 heteroatoms. The molecule has 0 aliphatic heterocycles. The van der Waals surface area contributed by atoms with Gasteiger partial charge < -0.3 is 10.6 Å². The van der Waals surface area contributed by atoms with Gasteiger partial charge in [-0.2, -0.15) is 13.2 Å². The minimum Gasteiger partial charge on any atom is -0.334 e. The molecule has 0 saturated carbocycles. The van der Waals surface area contributed by atoms with E-state index in [1.807, 2.05) is 12.1 Å². The van der Waals surface area contributed by atoms with Crippen molar-refractivity contribution in [1.29, 1.82) is 0 Å². The number of carbonyl (C=O) groups is 1. The van der Waals surface area contributed by atoms with Gasteiger partial charge in [-0.3, -0.25) is 0 Å². The molecule has 2 amide bonds. The SMILES string of the molecule is CC(C)(C)c1ccc(NC(=O)NCc2ccc(C(F)(F)F)cc2F)cc1. The Hall–Kier alpha value is -2.57. The van der Waals surface area contributed by atoms with Crippen LogP contribution in [0.25, 0.3) is 0 Å². The van der Waals surface area contributed by atoms with Crippen molar-refractivity contribution in [3.05, 3.63) is 65.0 Å². The maximum Gasteiger partial charge on any atom is 0.416 e. The van der Waals surface area contributed by atoms with Crippen LogP contribution in [0.1, 0.15) is 37.5 Å². The van der Waals surface area contributed by atoms with Crippen LogP contribution in [-0.4, -0.2) is 6.03 Å². The van der Waals surface area contributed by atoms with Crippen molar-refractivity contribution < 1.29 is 22.4 Å². The first-order chi connectivity index (χ1) is 12.0. The Kier molecular flexibility index (Phi) is 5.59. The Balaban J connectivity index is 1.95. The van der Waals surface area contributed by atoms with Crippen LogP contribution < -0.4 is 10.6 Å². The molecule has 2 rings (SSSR count). The first kappa shape index (κ1) is 19.8. The van der Waals surface area contributed by atoms with E-state index in [0.29, 0.717) is 11.8 Å². The highest BCUT2D eigenvalue weighted by atomic mass is 19.4. The molecule has 2 aromatic rings. The average molecular weight is 368 g/mol. The van der Waals surface area contributed by atoms with Crippen LogP contribution in [0.5, 0.6) is 0 Å². The monoisotopic (exact) mass is 368 g/mol. The van der Waals surface area contributed by atoms with Gasteiger partial charge in [0.2, 0.25) is 0 Å². The zero-order valence-corrected chi connectivity index (χ0v) is 14.7. The van der Waals surface area contributed by atoms with Crippen molar-refractivity contribution in [2.24, 2.45) is 0 Å². The minimum atomic E-state index is -4.61. The molecule has 0 aliphatic rings. The molecule has 0 saturated heterocycles. The second kappa shape index (κ2) is 7.35. The first-order valence-corrected chi connectivity index (χ1v) is 7.98. The molecular formula is C19H20F4N2O. The lowest BCUT2D eigenvalue weighted by Crippen LogP contribution is -2.28. The molecule has 0 heterocycles. The first-order valence-electron chi connectivity index (χ1n) is 7.98. The third-order valence-corrected chi connectivity index (χ3v) is 3.83. The summed E-state index contributed by atoms with van der Waals surface area (Å²) >= 11 is 0. The van der Waals surface area contributed by atoms with Crippen molar-refractivity contribution in [3.8, 4) is 0 Å². The van der Waals surface area contributed by atoms with E-state index in [0.717, 1.165) is 17.7 Å². The Morgan fingerprint density at radius 2 is 1.54 bits per heavy atom. The van der Waals surface area contributed by atoms with Gasteiger partial charge in [0.15, 0.2) is 0 Å². The molecule has 2 aromatic carbocycles. The maximum absolute atomic E-state index is 13.7. The highest BCUT2D eigenvalue weighted by Gasteiger charge is 2.31. The van der Waals surface area contributed by atoms with E-state index >= 15 is 0 Å². The van der Waals surface area contributed by atoms with Gasteiger partial charge in [-0.1, -0.05) is 39.0 Å². The highest BCUT2D eigenvalue weighted by Crippen LogP contribution is 2.30. The molecule has 3 nitrogen and oxygen atoms in total. The Morgan fingerprint density at radius 1 is 0.962 bits per heavy atom. The quantitative estimate of drug-likeness (QED) is 0.694. The van der Waals surface area contributed by atoms with Gasteiger partial charge in [0.05, 0.1) is 5.56 Å². The van der Waals surface area contributed by atoms with Gasteiger partial charge in [0.25, 0.3) is 0 Å². The van der Waals surface area contributed by atoms with Crippen LogP contribution in [0.4, 0.5) is 28.0 Å². The van der Waals surface area contributed by atoms with Crippen LogP contribution in [-0.2, 0) is 18.1 Å². The largest absolute Gasteiger partial charge is 0.416 e. The summed E-state index contributed by atoms with van der Waals surface area (Å²) in [5, 5.41) is 5.01. The molecule has 140 valence electrons. The van der Waals surface area contributed by atoms with Gasteiger partial charge in [-0.05, 0) is 35.2 Å². The van der Waals surface area contributed by atoms with Gasteiger partial charge in [0, 0.05) is 17.8 Å². The van der Waals surface area contributed by atoms with Crippen molar-refractivity contribution in [3.63, 3.8) is 0 Å². The summed E-state index contributed by atoms with van der Waals surface area (Å²) in [6.45, 7) is 5.98. The van der Waals surface area contributed by atoms with E-state index in [-0.39, 0.29) is 17.5 Å². The lowest BCUT2D eigenvalue weighted by atomic mass is 9.87. The lowest BCUT2D eigenvalue weighted by molar-refractivity contribution is -0.137. The van der Waals surface area contributed by atoms with Crippen molar-refractivity contribution >= 4 is 11.7 Å². The van der Waals surface area contributed by atoms with Crippen molar-refractivity contribution in [2.45, 2.75) is 38.9 Å². The fourth-order valence-corrected chi connectivity index (χ4v) is 2.27. The number of benzene rings is 2. The third kappa shape index (κ3) is 5.21. The molecule has 0 fully saturated rings. The third-order valence-electron chi connectivity index (χ3n) is 3.83. The van der Waals surface area contributed by atoms with Gasteiger partial charge in [0.1, 0.15) is 5.82 Å². The number of hydrogen-bond acceptors (Lipinski definition) is 1. The minimum absolute atomic E-state index is 0.0130. The standard InChI is InChI=1S/C19H20F4N2O/c1-18(2,3)13-6-8-15(9-7-13)25-17(26)24-11-12-4-5-14(10-16(12)20)19(21,22)23/h4-10H,11H2,1-3H3,(H2,24,25,26). The van der Waals surface area contributed by atoms with Crippen molar-refractivity contribution in [2.75, 3.05) is 5.32 Å². The molecule has 0 aliphatic carbocycles. The smallest absolute Gasteiger partial charge is 0.334 e. The number of urea groups is 1. The summed E-state index contributed by atoms with van der Waals surface area (Å²) in [5.41, 5.74) is 0.554. The van der Waals surface area contributed by atoms with Gasteiger partial charge >= 0.3 is 12.2 Å². The lowest BCUT2D eigenvalue weighted by Gasteiger charge is -2.19. The molecule has 0 atom stereocenters. The fourth-order valence-electron chi connectivity index (χ4n) is 2.27. The summed E-state index contributed by atoms with van der Waals surface area (Å²) < 4.78 is 51.3. The molecule has 0 bridgehead atoms.